The maximum absolute atomic E-state index is 12.8. The third kappa shape index (κ3) is 52.6. The third-order valence-electron chi connectivity index (χ3n) is 11.0. The van der Waals surface area contributed by atoms with Crippen molar-refractivity contribution in [2.75, 3.05) is 13.2 Å². The van der Waals surface area contributed by atoms with Crippen molar-refractivity contribution in [2.24, 2.45) is 0 Å². The van der Waals surface area contributed by atoms with Gasteiger partial charge in [-0.1, -0.05) is 219 Å². The van der Waals surface area contributed by atoms with Gasteiger partial charge < -0.3 is 14.2 Å². The molecule has 0 fully saturated rings. The number of allylic oxidation sites excluding steroid dienone is 20. The zero-order chi connectivity index (χ0) is 48.6. The van der Waals surface area contributed by atoms with E-state index in [0.717, 1.165) is 135 Å². The molecule has 0 aromatic rings. The van der Waals surface area contributed by atoms with Crippen molar-refractivity contribution in [2.45, 2.75) is 232 Å². The molecule has 67 heavy (non-hydrogen) atoms. The second-order valence-electron chi connectivity index (χ2n) is 17.4. The Hall–Kier alpha value is -4.19. The lowest BCUT2D eigenvalue weighted by Crippen LogP contribution is -2.30. The van der Waals surface area contributed by atoms with E-state index in [-0.39, 0.29) is 31.1 Å². The summed E-state index contributed by atoms with van der Waals surface area (Å²) in [6.07, 6.45) is 74.9. The van der Waals surface area contributed by atoms with Crippen LogP contribution in [0.2, 0.25) is 0 Å². The van der Waals surface area contributed by atoms with E-state index in [1.807, 2.05) is 0 Å². The Kier molecular flexibility index (Phi) is 51.0. The number of hydrogen-bond donors (Lipinski definition) is 0. The first kappa shape index (κ1) is 62.8. The van der Waals surface area contributed by atoms with E-state index < -0.39 is 6.10 Å². The van der Waals surface area contributed by atoms with Crippen molar-refractivity contribution in [3.63, 3.8) is 0 Å². The molecule has 0 spiro atoms. The molecule has 0 aromatic carbocycles. The van der Waals surface area contributed by atoms with Crippen LogP contribution in [0.3, 0.4) is 0 Å². The molecule has 6 heteroatoms. The Labute approximate surface area is 412 Å². The highest BCUT2D eigenvalue weighted by molar-refractivity contribution is 5.71. The zero-order valence-electron chi connectivity index (χ0n) is 43.1. The standard InChI is InChI=1S/C61H98O6/c1-4-7-10-13-16-18-20-22-24-26-27-28-29-30-31-32-33-35-36-38-40-42-45-48-51-54-60(63)66-57-58(56-65-59(62)53-50-47-44-15-12-9-6-3)67-61(64)55-52-49-46-43-41-39-37-34-25-23-21-19-17-14-11-8-5-2/h7-8,10-11,16-19,22-25,27-28,30-31,33,35,38,40,58H,4-6,9,12-15,20-21,26,29,32,34,36-37,39,41-57H2,1-3H3/b10-7-,11-8-,18-16-,19-17-,24-22-,25-23-,28-27-,31-30-,35-33-,40-38-. The predicted octanol–water partition coefficient (Wildman–Crippen LogP) is 18.1. The summed E-state index contributed by atoms with van der Waals surface area (Å²) in [4.78, 5) is 37.9. The second-order valence-corrected chi connectivity index (χ2v) is 17.4. The molecule has 0 saturated heterocycles. The van der Waals surface area contributed by atoms with Crippen LogP contribution in [0, 0.1) is 0 Å². The van der Waals surface area contributed by atoms with Gasteiger partial charge in [0.05, 0.1) is 0 Å². The molecule has 0 rings (SSSR count). The lowest BCUT2D eigenvalue weighted by atomic mass is 10.1. The Morgan fingerprint density at radius 1 is 0.313 bits per heavy atom. The van der Waals surface area contributed by atoms with Gasteiger partial charge in [0, 0.05) is 19.3 Å². The molecule has 0 aliphatic heterocycles. The smallest absolute Gasteiger partial charge is 0.306 e. The lowest BCUT2D eigenvalue weighted by molar-refractivity contribution is -0.167. The van der Waals surface area contributed by atoms with Crippen molar-refractivity contribution in [1.29, 1.82) is 0 Å². The highest BCUT2D eigenvalue weighted by atomic mass is 16.6. The number of carbonyl (C=O) groups excluding carboxylic acids is 3. The van der Waals surface area contributed by atoms with Crippen LogP contribution in [0.25, 0.3) is 0 Å². The van der Waals surface area contributed by atoms with E-state index in [4.69, 9.17) is 14.2 Å². The first-order valence-electron chi connectivity index (χ1n) is 27.0. The summed E-state index contributed by atoms with van der Waals surface area (Å²) in [6, 6.07) is 0. The normalized spacial score (nSPS) is 13.1. The van der Waals surface area contributed by atoms with Gasteiger partial charge >= 0.3 is 17.9 Å². The molecule has 0 aromatic heterocycles. The topological polar surface area (TPSA) is 78.9 Å². The molecule has 0 amide bonds. The first-order chi connectivity index (χ1) is 33.0. The number of unbranched alkanes of at least 4 members (excludes halogenated alkanes) is 16. The maximum atomic E-state index is 12.8. The fraction of sp³-hybridized carbons (Fsp3) is 0.623. The predicted molar refractivity (Wildman–Crippen MR) is 288 cm³/mol. The molecule has 1 unspecified atom stereocenters. The number of carbonyl (C=O) groups is 3. The molecule has 0 N–H and O–H groups in total. The van der Waals surface area contributed by atoms with Gasteiger partial charge in [-0.25, -0.2) is 0 Å². The van der Waals surface area contributed by atoms with Crippen LogP contribution in [-0.2, 0) is 28.6 Å². The van der Waals surface area contributed by atoms with Crippen LogP contribution < -0.4 is 0 Å². The van der Waals surface area contributed by atoms with Gasteiger partial charge in [-0.05, 0) is 109 Å². The average molecular weight is 927 g/mol. The van der Waals surface area contributed by atoms with E-state index in [0.29, 0.717) is 19.3 Å². The van der Waals surface area contributed by atoms with Gasteiger partial charge in [0.2, 0.25) is 0 Å². The Balaban J connectivity index is 4.33. The van der Waals surface area contributed by atoms with Crippen LogP contribution >= 0.6 is 0 Å². The van der Waals surface area contributed by atoms with Gasteiger partial charge in [0.15, 0.2) is 6.10 Å². The minimum absolute atomic E-state index is 0.0954. The zero-order valence-corrected chi connectivity index (χ0v) is 43.1. The highest BCUT2D eigenvalue weighted by Crippen LogP contribution is 2.13. The molecule has 0 radical (unpaired) electrons. The summed E-state index contributed by atoms with van der Waals surface area (Å²) in [7, 11) is 0. The molecular formula is C61H98O6. The molecule has 1 atom stereocenters. The molecule has 0 saturated carbocycles. The minimum atomic E-state index is -0.797. The number of rotatable bonds is 47. The summed E-state index contributed by atoms with van der Waals surface area (Å²) in [5.41, 5.74) is 0. The number of esters is 3. The molecule has 0 aliphatic rings. The van der Waals surface area contributed by atoms with E-state index >= 15 is 0 Å². The molecule has 6 nitrogen and oxygen atoms in total. The van der Waals surface area contributed by atoms with E-state index in [1.54, 1.807) is 0 Å². The molecular weight excluding hydrogens is 829 g/mol. The Morgan fingerprint density at radius 3 is 0.925 bits per heavy atom. The van der Waals surface area contributed by atoms with Gasteiger partial charge in [0.1, 0.15) is 13.2 Å². The lowest BCUT2D eigenvalue weighted by Gasteiger charge is -2.18. The van der Waals surface area contributed by atoms with Gasteiger partial charge in [-0.2, -0.15) is 0 Å². The fourth-order valence-electron chi connectivity index (χ4n) is 6.96. The summed E-state index contributed by atoms with van der Waals surface area (Å²) >= 11 is 0. The van der Waals surface area contributed by atoms with E-state index in [2.05, 4.69) is 142 Å². The quantitative estimate of drug-likeness (QED) is 0.0262. The van der Waals surface area contributed by atoms with Crippen LogP contribution in [0.15, 0.2) is 122 Å². The van der Waals surface area contributed by atoms with Crippen molar-refractivity contribution in [1.82, 2.24) is 0 Å². The minimum Gasteiger partial charge on any atom is -0.462 e. The maximum Gasteiger partial charge on any atom is 0.306 e. The van der Waals surface area contributed by atoms with Crippen molar-refractivity contribution in [3.05, 3.63) is 122 Å². The Bertz CT molecular complexity index is 1440. The summed E-state index contributed by atoms with van der Waals surface area (Å²) in [6.45, 7) is 6.32. The van der Waals surface area contributed by atoms with Crippen LogP contribution in [0.4, 0.5) is 0 Å². The first-order valence-corrected chi connectivity index (χ1v) is 27.0. The molecule has 378 valence electrons. The van der Waals surface area contributed by atoms with Crippen molar-refractivity contribution < 1.29 is 28.6 Å². The van der Waals surface area contributed by atoms with Crippen molar-refractivity contribution >= 4 is 17.9 Å². The SMILES string of the molecule is CC/C=C\C/C=C\C/C=C\C/C=C\C/C=C\C/C=C\C/C=C\CCCCCC(=O)OCC(COC(=O)CCCCCCCCC)OC(=O)CCCCCCCCC/C=C\C/C=C\C/C=C\CC. The Morgan fingerprint density at radius 2 is 0.582 bits per heavy atom. The number of hydrogen-bond acceptors (Lipinski definition) is 6. The van der Waals surface area contributed by atoms with Gasteiger partial charge in [0.25, 0.3) is 0 Å². The molecule has 0 bridgehead atoms. The third-order valence-corrected chi connectivity index (χ3v) is 11.0. The highest BCUT2D eigenvalue weighted by Gasteiger charge is 2.19. The van der Waals surface area contributed by atoms with E-state index in [1.165, 1.54) is 51.4 Å². The largest absolute Gasteiger partial charge is 0.462 e. The molecule has 0 heterocycles. The van der Waals surface area contributed by atoms with E-state index in [9.17, 15) is 14.4 Å². The van der Waals surface area contributed by atoms with Crippen LogP contribution in [0.1, 0.15) is 226 Å². The summed E-state index contributed by atoms with van der Waals surface area (Å²) in [5.74, 6) is -0.952. The summed E-state index contributed by atoms with van der Waals surface area (Å²) < 4.78 is 16.7. The molecule has 0 aliphatic carbocycles. The van der Waals surface area contributed by atoms with Gasteiger partial charge in [-0.15, -0.1) is 0 Å². The van der Waals surface area contributed by atoms with Crippen LogP contribution in [0.5, 0.6) is 0 Å². The van der Waals surface area contributed by atoms with Crippen LogP contribution in [-0.4, -0.2) is 37.2 Å². The van der Waals surface area contributed by atoms with Crippen molar-refractivity contribution in [3.8, 4) is 0 Å². The number of ether oxygens (including phenoxy) is 3. The average Bonchev–Trinajstić information content (AvgIpc) is 3.33. The monoisotopic (exact) mass is 927 g/mol. The fourth-order valence-corrected chi connectivity index (χ4v) is 6.96. The second kappa shape index (κ2) is 54.4. The van der Waals surface area contributed by atoms with Gasteiger partial charge in [-0.3, -0.25) is 14.4 Å². The summed E-state index contributed by atoms with van der Waals surface area (Å²) in [5, 5.41) is 0.